The van der Waals surface area contributed by atoms with Gasteiger partial charge >= 0.3 is 12.0 Å². The Balaban J connectivity index is 1.44. The highest BCUT2D eigenvalue weighted by Crippen LogP contribution is 2.23. The molecule has 0 fully saturated rings. The quantitative estimate of drug-likeness (QED) is 0.450. The Labute approximate surface area is 183 Å². The van der Waals surface area contributed by atoms with Crippen LogP contribution in [-0.4, -0.2) is 40.2 Å². The van der Waals surface area contributed by atoms with Gasteiger partial charge in [-0.1, -0.05) is 0 Å². The second-order valence-electron chi connectivity index (χ2n) is 6.89. The summed E-state index contributed by atoms with van der Waals surface area (Å²) in [5.74, 6) is -0.133. The van der Waals surface area contributed by atoms with E-state index in [0.717, 1.165) is 5.56 Å². The van der Waals surface area contributed by atoms with Gasteiger partial charge in [0, 0.05) is 30.5 Å². The summed E-state index contributed by atoms with van der Waals surface area (Å²) in [6.45, 7) is 0.719. The largest absolute Gasteiger partial charge is 0.465 e. The zero-order chi connectivity index (χ0) is 22.5. The number of anilines is 1. The molecule has 0 saturated carbocycles. The van der Waals surface area contributed by atoms with Gasteiger partial charge in [0.2, 0.25) is 0 Å². The molecule has 0 spiro atoms. The van der Waals surface area contributed by atoms with E-state index < -0.39 is 12.0 Å². The van der Waals surface area contributed by atoms with Crippen LogP contribution in [0.3, 0.4) is 0 Å². The van der Waals surface area contributed by atoms with Gasteiger partial charge in [0.25, 0.3) is 0 Å². The van der Waals surface area contributed by atoms with E-state index in [1.807, 2.05) is 10.6 Å². The van der Waals surface area contributed by atoms with Gasteiger partial charge in [-0.05, 0) is 60.7 Å². The fraction of sp³-hybridized carbons (Fsp3) is 0.130. The van der Waals surface area contributed by atoms with Crippen LogP contribution in [-0.2, 0) is 11.3 Å². The Kier molecular flexibility index (Phi) is 6.07. The highest BCUT2D eigenvalue weighted by molar-refractivity contribution is 5.92. The molecule has 0 radical (unpaired) electrons. The van der Waals surface area contributed by atoms with E-state index in [1.54, 1.807) is 48.7 Å². The van der Waals surface area contributed by atoms with E-state index in [-0.39, 0.29) is 5.82 Å². The van der Waals surface area contributed by atoms with Crippen molar-refractivity contribution in [1.82, 2.24) is 19.9 Å². The van der Waals surface area contributed by atoms with Crippen LogP contribution in [0.25, 0.3) is 22.6 Å². The van der Waals surface area contributed by atoms with Crippen LogP contribution in [0, 0.1) is 5.82 Å². The number of methoxy groups -OCH3 is 1. The second-order valence-corrected chi connectivity index (χ2v) is 6.89. The van der Waals surface area contributed by atoms with Crippen LogP contribution in [0.4, 0.5) is 14.9 Å². The minimum absolute atomic E-state index is 0.308. The molecule has 0 unspecified atom stereocenters. The number of carbonyl (C=O) groups is 2. The molecule has 9 heteroatoms. The van der Waals surface area contributed by atoms with Crippen LogP contribution < -0.4 is 10.6 Å². The van der Waals surface area contributed by atoms with Crippen molar-refractivity contribution in [2.45, 2.75) is 6.54 Å². The van der Waals surface area contributed by atoms with Gasteiger partial charge in [0.15, 0.2) is 5.65 Å². The number of imidazole rings is 1. The summed E-state index contributed by atoms with van der Waals surface area (Å²) in [4.78, 5) is 32.8. The number of nitrogens with zero attached hydrogens (tertiary/aromatic N) is 3. The molecular weight excluding hydrogens is 413 g/mol. The molecule has 2 amide bonds. The summed E-state index contributed by atoms with van der Waals surface area (Å²) in [7, 11) is 1.31. The number of benzene rings is 2. The maximum absolute atomic E-state index is 13.3. The van der Waals surface area contributed by atoms with Crippen LogP contribution >= 0.6 is 0 Å². The number of carbonyl (C=O) groups excluding carboxylic acids is 2. The zero-order valence-corrected chi connectivity index (χ0v) is 17.2. The third-order valence-electron chi connectivity index (χ3n) is 4.79. The maximum atomic E-state index is 13.3. The van der Waals surface area contributed by atoms with Crippen molar-refractivity contribution in [1.29, 1.82) is 0 Å². The first-order chi connectivity index (χ1) is 15.5. The lowest BCUT2D eigenvalue weighted by molar-refractivity contribution is 0.0600. The number of halogens is 1. The number of hydrogen-bond acceptors (Lipinski definition) is 5. The molecule has 0 saturated heterocycles. The molecule has 2 N–H and O–H groups in total. The number of rotatable bonds is 6. The van der Waals surface area contributed by atoms with Crippen LogP contribution in [0.2, 0.25) is 0 Å². The first-order valence-electron chi connectivity index (χ1n) is 9.85. The number of ether oxygens (including phenoxy) is 1. The Hall–Kier alpha value is -4.27. The zero-order valence-electron chi connectivity index (χ0n) is 17.2. The van der Waals surface area contributed by atoms with Crippen molar-refractivity contribution in [3.63, 3.8) is 0 Å². The van der Waals surface area contributed by atoms with Crippen molar-refractivity contribution in [3.8, 4) is 11.4 Å². The molecule has 2 heterocycles. The fourth-order valence-electron chi connectivity index (χ4n) is 3.25. The first kappa shape index (κ1) is 21.0. The van der Waals surface area contributed by atoms with E-state index in [1.165, 1.54) is 19.2 Å². The molecule has 0 bridgehead atoms. The number of amides is 2. The molecule has 2 aromatic carbocycles. The average Bonchev–Trinajstić information content (AvgIpc) is 3.18. The minimum atomic E-state index is -0.445. The van der Waals surface area contributed by atoms with E-state index in [2.05, 4.69) is 25.3 Å². The minimum Gasteiger partial charge on any atom is -0.465 e. The molecule has 4 rings (SSSR count). The van der Waals surface area contributed by atoms with Gasteiger partial charge in [0.05, 0.1) is 12.7 Å². The lowest BCUT2D eigenvalue weighted by Crippen LogP contribution is -2.31. The number of pyridine rings is 1. The monoisotopic (exact) mass is 433 g/mol. The SMILES string of the molecule is COC(=O)c1ccc(NC(=O)NCCn2c(-c3ccc(F)cc3)nc3cccnc32)cc1. The van der Waals surface area contributed by atoms with Gasteiger partial charge < -0.3 is 19.9 Å². The number of hydrogen-bond donors (Lipinski definition) is 2. The highest BCUT2D eigenvalue weighted by Gasteiger charge is 2.14. The molecule has 0 aliphatic rings. The predicted molar refractivity (Wildman–Crippen MR) is 118 cm³/mol. The molecular formula is C23H20FN5O3. The molecule has 162 valence electrons. The van der Waals surface area contributed by atoms with Crippen molar-refractivity contribution >= 4 is 28.9 Å². The molecule has 32 heavy (non-hydrogen) atoms. The molecule has 0 aliphatic carbocycles. The van der Waals surface area contributed by atoms with Gasteiger partial charge in [-0.15, -0.1) is 0 Å². The molecule has 8 nitrogen and oxygen atoms in total. The van der Waals surface area contributed by atoms with Crippen molar-refractivity contribution < 1.29 is 18.7 Å². The van der Waals surface area contributed by atoms with Gasteiger partial charge in [-0.25, -0.2) is 23.9 Å². The van der Waals surface area contributed by atoms with Crippen molar-refractivity contribution in [2.24, 2.45) is 0 Å². The smallest absolute Gasteiger partial charge is 0.337 e. The lowest BCUT2D eigenvalue weighted by Gasteiger charge is -2.11. The number of aromatic nitrogens is 3. The second kappa shape index (κ2) is 9.25. The number of urea groups is 1. The molecule has 0 atom stereocenters. The number of esters is 1. The summed E-state index contributed by atoms with van der Waals surface area (Å²) in [6.07, 6.45) is 1.67. The Morgan fingerprint density at radius 3 is 2.53 bits per heavy atom. The van der Waals surface area contributed by atoms with Crippen molar-refractivity contribution in [3.05, 3.63) is 78.2 Å². The third kappa shape index (κ3) is 4.56. The van der Waals surface area contributed by atoms with Crippen LogP contribution in [0.5, 0.6) is 0 Å². The summed E-state index contributed by atoms with van der Waals surface area (Å²) in [5.41, 5.74) is 3.07. The Morgan fingerprint density at radius 1 is 1.06 bits per heavy atom. The van der Waals surface area contributed by atoms with Gasteiger partial charge in [-0.2, -0.15) is 0 Å². The van der Waals surface area contributed by atoms with Crippen LogP contribution in [0.1, 0.15) is 10.4 Å². The standard InChI is InChI=1S/C23H20FN5O3/c1-32-22(30)16-6-10-18(11-7-16)27-23(31)26-13-14-29-20(15-4-8-17(24)9-5-15)28-19-3-2-12-25-21(19)29/h2-12H,13-14H2,1H3,(H2,26,27,31). The van der Waals surface area contributed by atoms with E-state index >= 15 is 0 Å². The molecule has 0 aliphatic heterocycles. The highest BCUT2D eigenvalue weighted by atomic mass is 19.1. The summed E-state index contributed by atoms with van der Waals surface area (Å²) >= 11 is 0. The first-order valence-corrected chi connectivity index (χ1v) is 9.85. The Bertz CT molecular complexity index is 1250. The van der Waals surface area contributed by atoms with Gasteiger partial charge in [-0.3, -0.25) is 0 Å². The topological polar surface area (TPSA) is 98.1 Å². The van der Waals surface area contributed by atoms with Crippen molar-refractivity contribution in [2.75, 3.05) is 19.0 Å². The molecule has 2 aromatic heterocycles. The van der Waals surface area contributed by atoms with E-state index in [4.69, 9.17) is 0 Å². The van der Waals surface area contributed by atoms with E-state index in [0.29, 0.717) is 41.3 Å². The predicted octanol–water partition coefficient (Wildman–Crippen LogP) is 3.85. The van der Waals surface area contributed by atoms with E-state index in [9.17, 15) is 14.0 Å². The lowest BCUT2D eigenvalue weighted by atomic mass is 10.2. The number of nitrogens with one attached hydrogen (secondary N) is 2. The van der Waals surface area contributed by atoms with Crippen LogP contribution in [0.15, 0.2) is 66.9 Å². The molecule has 4 aromatic rings. The fourth-order valence-corrected chi connectivity index (χ4v) is 3.25. The van der Waals surface area contributed by atoms with Gasteiger partial charge in [0.1, 0.15) is 17.2 Å². The normalized spacial score (nSPS) is 10.7. The Morgan fingerprint density at radius 2 is 1.81 bits per heavy atom. The summed E-state index contributed by atoms with van der Waals surface area (Å²) in [5, 5.41) is 5.50. The summed E-state index contributed by atoms with van der Waals surface area (Å²) in [6, 6.07) is 15.7. The maximum Gasteiger partial charge on any atom is 0.337 e. The third-order valence-corrected chi connectivity index (χ3v) is 4.79. The number of fused-ring (bicyclic) bond motifs is 1. The summed E-state index contributed by atoms with van der Waals surface area (Å²) < 4.78 is 19.9. The average molecular weight is 433 g/mol.